The summed E-state index contributed by atoms with van der Waals surface area (Å²) in [5, 5.41) is 2.33. The fraction of sp³-hybridized carbons (Fsp3) is 0. The minimum atomic E-state index is 0.906. The van der Waals surface area contributed by atoms with E-state index in [4.69, 9.17) is 9.97 Å². The average molecular weight is 700 g/mol. The average Bonchev–Trinajstić information content (AvgIpc) is 3.66. The molecule has 0 spiro atoms. The Labute approximate surface area is 319 Å². The Morgan fingerprint density at radius 3 is 1.05 bits per heavy atom. The number of pyridine rings is 2. The number of nitrogens with zero attached hydrogens (tertiary/aromatic N) is 2. The summed E-state index contributed by atoms with van der Waals surface area (Å²) >= 11 is 0. The molecule has 0 atom stereocenters. The van der Waals surface area contributed by atoms with E-state index in [1.165, 1.54) is 11.1 Å². The van der Waals surface area contributed by atoms with E-state index in [-0.39, 0.29) is 0 Å². The van der Waals surface area contributed by atoms with Gasteiger partial charge in [-0.1, -0.05) is 152 Å². The SMILES string of the molecule is c1ccc(-c2ccc(-c3cc4nc(c3)-c3cccc5c3[nH]c3c(cccc35)-c3cc(-c5ccccc5)cc(n3)-c3cc(-c5ccccc5)cc-4c3)cc2)cc1. The molecule has 3 aromatic heterocycles. The molecular weight excluding hydrogens is 667 g/mol. The Kier molecular flexibility index (Phi) is 7.17. The van der Waals surface area contributed by atoms with Gasteiger partial charge in [0.25, 0.3) is 0 Å². The number of para-hydroxylation sites is 2. The number of fused-ring (bicyclic) bond motifs is 11. The van der Waals surface area contributed by atoms with E-state index in [0.29, 0.717) is 0 Å². The van der Waals surface area contributed by atoms with Crippen LogP contribution in [-0.4, -0.2) is 15.0 Å². The topological polar surface area (TPSA) is 41.6 Å². The maximum absolute atomic E-state index is 5.49. The first-order chi connectivity index (χ1) is 27.2. The summed E-state index contributed by atoms with van der Waals surface area (Å²) in [5.74, 6) is 0. The van der Waals surface area contributed by atoms with E-state index in [0.717, 1.165) is 100 Å². The third kappa shape index (κ3) is 5.45. The minimum Gasteiger partial charge on any atom is -0.353 e. The number of benzene rings is 7. The molecular formula is C52H33N3. The first-order valence-electron chi connectivity index (χ1n) is 18.7. The van der Waals surface area contributed by atoms with Gasteiger partial charge in [0.05, 0.1) is 33.8 Å². The highest BCUT2D eigenvalue weighted by Crippen LogP contribution is 2.42. The zero-order valence-corrected chi connectivity index (χ0v) is 29.9. The highest BCUT2D eigenvalue weighted by Gasteiger charge is 2.20. The van der Waals surface area contributed by atoms with Gasteiger partial charge in [-0.05, 0) is 87.0 Å². The number of hydrogen-bond acceptors (Lipinski definition) is 2. The summed E-state index contributed by atoms with van der Waals surface area (Å²) in [6, 6.07) is 69.5. The van der Waals surface area contributed by atoms with Crippen molar-refractivity contribution in [1.82, 2.24) is 15.0 Å². The second-order valence-corrected chi connectivity index (χ2v) is 14.3. The van der Waals surface area contributed by atoms with Gasteiger partial charge in [-0.25, -0.2) is 9.97 Å². The van der Waals surface area contributed by atoms with Crippen molar-refractivity contribution in [3.8, 4) is 89.5 Å². The zero-order valence-electron chi connectivity index (χ0n) is 29.9. The molecule has 0 radical (unpaired) electrons. The molecule has 256 valence electrons. The second-order valence-electron chi connectivity index (χ2n) is 14.3. The van der Waals surface area contributed by atoms with Crippen LogP contribution in [0.1, 0.15) is 0 Å². The Hall–Kier alpha value is -7.36. The smallest absolute Gasteiger partial charge is 0.0736 e. The Morgan fingerprint density at radius 2 is 0.600 bits per heavy atom. The van der Waals surface area contributed by atoms with Crippen LogP contribution in [0.2, 0.25) is 0 Å². The molecule has 3 heteroatoms. The lowest BCUT2D eigenvalue weighted by atomic mass is 9.93. The van der Waals surface area contributed by atoms with Crippen LogP contribution in [0.25, 0.3) is 111 Å². The Morgan fingerprint density at radius 1 is 0.255 bits per heavy atom. The van der Waals surface area contributed by atoms with Crippen LogP contribution in [0.4, 0.5) is 0 Å². The molecule has 0 amide bonds. The lowest BCUT2D eigenvalue weighted by Gasteiger charge is -2.16. The summed E-state index contributed by atoms with van der Waals surface area (Å²) in [6.45, 7) is 0. The maximum atomic E-state index is 5.49. The van der Waals surface area contributed by atoms with Gasteiger partial charge in [0.15, 0.2) is 0 Å². The van der Waals surface area contributed by atoms with E-state index in [2.05, 4.69) is 199 Å². The van der Waals surface area contributed by atoms with Crippen molar-refractivity contribution >= 4 is 21.8 Å². The van der Waals surface area contributed by atoms with E-state index < -0.39 is 0 Å². The van der Waals surface area contributed by atoms with Crippen molar-refractivity contribution < 1.29 is 0 Å². The number of aromatic amines is 1. The third-order valence-corrected chi connectivity index (χ3v) is 10.9. The van der Waals surface area contributed by atoms with Crippen molar-refractivity contribution in [2.75, 3.05) is 0 Å². The van der Waals surface area contributed by atoms with E-state index in [1.807, 2.05) is 0 Å². The lowest BCUT2D eigenvalue weighted by Crippen LogP contribution is -1.96. The van der Waals surface area contributed by atoms with Gasteiger partial charge in [-0.3, -0.25) is 0 Å². The number of aromatic nitrogens is 3. The molecule has 11 rings (SSSR count). The molecule has 0 saturated heterocycles. The molecule has 7 aromatic carbocycles. The number of hydrogen-bond donors (Lipinski definition) is 1. The standard InChI is InChI=1S/C52H33N3/c1-4-12-33(13-5-1)36-22-24-37(25-23-36)40-30-48-42-27-38(34-14-6-2-7-15-34)26-41(28-42)47-29-39(35-16-8-3-9-17-35)31-49(53-47)45-20-10-18-43-44-19-11-21-46(50(32-40)54-48)52(44)55-51(43)45/h1-32,55H. The van der Waals surface area contributed by atoms with Gasteiger partial charge < -0.3 is 4.98 Å². The first kappa shape index (κ1) is 31.2. The van der Waals surface area contributed by atoms with E-state index in [1.54, 1.807) is 0 Å². The van der Waals surface area contributed by atoms with Gasteiger partial charge in [-0.15, -0.1) is 0 Å². The van der Waals surface area contributed by atoms with E-state index >= 15 is 0 Å². The highest BCUT2D eigenvalue weighted by molar-refractivity contribution is 6.15. The molecule has 55 heavy (non-hydrogen) atoms. The van der Waals surface area contributed by atoms with Crippen molar-refractivity contribution in [1.29, 1.82) is 0 Å². The Bertz CT molecular complexity index is 3050. The fourth-order valence-corrected chi connectivity index (χ4v) is 8.18. The van der Waals surface area contributed by atoms with E-state index in [9.17, 15) is 0 Å². The zero-order chi connectivity index (χ0) is 36.3. The summed E-state index contributed by atoms with van der Waals surface area (Å²) < 4.78 is 0. The summed E-state index contributed by atoms with van der Waals surface area (Å²) in [4.78, 5) is 14.8. The quantitative estimate of drug-likeness (QED) is 0.199. The molecule has 1 aliphatic rings. The van der Waals surface area contributed by atoms with Gasteiger partial charge in [0.2, 0.25) is 0 Å². The third-order valence-electron chi connectivity index (χ3n) is 10.9. The first-order valence-corrected chi connectivity index (χ1v) is 18.7. The second kappa shape index (κ2) is 12.6. The van der Waals surface area contributed by atoms with Crippen LogP contribution in [0.5, 0.6) is 0 Å². The molecule has 4 heterocycles. The maximum Gasteiger partial charge on any atom is 0.0736 e. The molecule has 1 N–H and O–H groups in total. The van der Waals surface area contributed by atoms with Crippen LogP contribution < -0.4 is 0 Å². The minimum absolute atomic E-state index is 0.906. The summed E-state index contributed by atoms with van der Waals surface area (Å²) in [6.07, 6.45) is 0. The van der Waals surface area contributed by atoms with Crippen molar-refractivity contribution in [2.45, 2.75) is 0 Å². The van der Waals surface area contributed by atoms with Gasteiger partial charge in [0.1, 0.15) is 0 Å². The fourth-order valence-electron chi connectivity index (χ4n) is 8.18. The predicted octanol–water partition coefficient (Wildman–Crippen LogP) is 13.8. The molecule has 0 saturated carbocycles. The summed E-state index contributed by atoms with van der Waals surface area (Å²) in [7, 11) is 0. The monoisotopic (exact) mass is 699 g/mol. The number of H-pyrrole nitrogens is 1. The molecule has 1 aliphatic heterocycles. The molecule has 0 aliphatic carbocycles. The molecule has 3 nitrogen and oxygen atoms in total. The van der Waals surface area contributed by atoms with Crippen LogP contribution in [-0.2, 0) is 0 Å². The molecule has 0 unspecified atom stereocenters. The lowest BCUT2D eigenvalue weighted by molar-refractivity contribution is 1.30. The van der Waals surface area contributed by atoms with Gasteiger partial charge >= 0.3 is 0 Å². The molecule has 0 fully saturated rings. The van der Waals surface area contributed by atoms with Crippen LogP contribution in [0.15, 0.2) is 194 Å². The van der Waals surface area contributed by atoms with Gasteiger partial charge in [0, 0.05) is 33.0 Å². The highest BCUT2D eigenvalue weighted by atomic mass is 14.8. The summed E-state index contributed by atoms with van der Waals surface area (Å²) in [5.41, 5.74) is 19.2. The normalized spacial score (nSPS) is 11.6. The molecule has 8 bridgehead atoms. The number of nitrogens with one attached hydrogen (secondary N) is 1. The van der Waals surface area contributed by atoms with Crippen molar-refractivity contribution in [3.05, 3.63) is 194 Å². The van der Waals surface area contributed by atoms with Crippen LogP contribution >= 0.6 is 0 Å². The molecule has 10 aromatic rings. The Balaban J connectivity index is 1.23. The van der Waals surface area contributed by atoms with Crippen LogP contribution in [0, 0.1) is 0 Å². The predicted molar refractivity (Wildman–Crippen MR) is 228 cm³/mol. The van der Waals surface area contributed by atoms with Crippen molar-refractivity contribution in [3.63, 3.8) is 0 Å². The van der Waals surface area contributed by atoms with Crippen LogP contribution in [0.3, 0.4) is 0 Å². The number of rotatable bonds is 4. The van der Waals surface area contributed by atoms with Gasteiger partial charge in [-0.2, -0.15) is 0 Å². The largest absolute Gasteiger partial charge is 0.353 e. The van der Waals surface area contributed by atoms with Crippen molar-refractivity contribution in [2.24, 2.45) is 0 Å².